The zero-order chi connectivity index (χ0) is 18.1. The Labute approximate surface area is 163 Å². The second-order valence-electron chi connectivity index (χ2n) is 5.99. The van der Waals surface area contributed by atoms with E-state index in [2.05, 4.69) is 46.2 Å². The highest BCUT2D eigenvalue weighted by molar-refractivity contribution is 9.10. The van der Waals surface area contributed by atoms with E-state index in [1.54, 1.807) is 15.9 Å². The van der Waals surface area contributed by atoms with Crippen LogP contribution in [-0.2, 0) is 13.0 Å². The Balaban J connectivity index is 2.11. The number of halogens is 2. The van der Waals surface area contributed by atoms with E-state index < -0.39 is 5.97 Å². The predicted octanol–water partition coefficient (Wildman–Crippen LogP) is 5.91. The lowest BCUT2D eigenvalue weighted by Crippen LogP contribution is -2.13. The zero-order valence-electron chi connectivity index (χ0n) is 14.0. The summed E-state index contributed by atoms with van der Waals surface area (Å²) in [6.45, 7) is 4.62. The number of carboxylic acids is 1. The second-order valence-corrected chi connectivity index (χ2v) is 8.08. The maximum atomic E-state index is 11.7. The molecule has 0 aliphatic carbocycles. The molecule has 132 valence electrons. The van der Waals surface area contributed by atoms with Gasteiger partial charge in [-0.2, -0.15) is 0 Å². The summed E-state index contributed by atoms with van der Waals surface area (Å²) < 4.78 is 3.98. The Kier molecular flexibility index (Phi) is 5.51. The van der Waals surface area contributed by atoms with Crippen molar-refractivity contribution in [3.63, 3.8) is 0 Å². The minimum atomic E-state index is -1.04. The van der Waals surface area contributed by atoms with Gasteiger partial charge in [0.15, 0.2) is 10.8 Å². The second kappa shape index (κ2) is 7.48. The number of unbranched alkanes of at least 4 members (excludes halogenated alkanes) is 1. The van der Waals surface area contributed by atoms with Crippen molar-refractivity contribution in [1.29, 1.82) is 0 Å². The number of carboxylic acid groups (broad SMARTS) is 1. The maximum Gasteiger partial charge on any atom is 0.355 e. The third kappa shape index (κ3) is 3.48. The molecule has 0 amide bonds. The molecule has 0 saturated carbocycles. The number of benzene rings is 1. The molecule has 25 heavy (non-hydrogen) atoms. The molecule has 0 aliphatic rings. The molecular formula is C18H18BrClN2O2S. The van der Waals surface area contributed by atoms with E-state index in [1.807, 2.05) is 6.07 Å². The van der Waals surface area contributed by atoms with Gasteiger partial charge in [-0.25, -0.2) is 9.78 Å². The molecule has 1 aromatic carbocycles. The zero-order valence-corrected chi connectivity index (χ0v) is 17.1. The molecule has 0 saturated heterocycles. The Morgan fingerprint density at radius 2 is 2.20 bits per heavy atom. The van der Waals surface area contributed by atoms with Crippen LogP contribution < -0.4 is 0 Å². The third-order valence-corrected chi connectivity index (χ3v) is 6.50. The summed E-state index contributed by atoms with van der Waals surface area (Å²) in [4.78, 5) is 16.0. The highest BCUT2D eigenvalue weighted by Gasteiger charge is 2.22. The molecule has 4 nitrogen and oxygen atoms in total. The van der Waals surface area contributed by atoms with E-state index in [1.165, 1.54) is 15.6 Å². The fourth-order valence-electron chi connectivity index (χ4n) is 3.01. The molecule has 0 spiro atoms. The van der Waals surface area contributed by atoms with E-state index in [0.717, 1.165) is 28.7 Å². The van der Waals surface area contributed by atoms with Gasteiger partial charge in [0, 0.05) is 21.0 Å². The summed E-state index contributed by atoms with van der Waals surface area (Å²) in [5.74, 6) is -0.311. The number of rotatable bonds is 6. The first-order valence-corrected chi connectivity index (χ1v) is 10.1. The molecule has 3 aromatic rings. The number of aromatic carboxylic acids is 1. The third-order valence-electron chi connectivity index (χ3n) is 4.25. The van der Waals surface area contributed by atoms with Gasteiger partial charge in [-0.05, 0) is 51.8 Å². The Morgan fingerprint density at radius 1 is 1.44 bits per heavy atom. The number of hydrogen-bond acceptors (Lipinski definition) is 3. The fraction of sp³-hybridized carbons (Fsp3) is 0.333. The minimum Gasteiger partial charge on any atom is -0.476 e. The summed E-state index contributed by atoms with van der Waals surface area (Å²) >= 11 is 11.4. The van der Waals surface area contributed by atoms with E-state index in [9.17, 15) is 9.90 Å². The highest BCUT2D eigenvalue weighted by atomic mass is 79.9. The number of aryl methyl sites for hydroxylation is 2. The van der Waals surface area contributed by atoms with Crippen LogP contribution in [0.2, 0.25) is 5.15 Å². The lowest BCUT2D eigenvalue weighted by Gasteiger charge is -2.10. The number of aromatic nitrogens is 2. The van der Waals surface area contributed by atoms with Gasteiger partial charge in [0.05, 0.1) is 6.54 Å². The standard InChI is InChI=1S/C18H18BrClN2O2S/c1-3-4-5-13-21-17(20)15(18(23)24)22(13)8-11-9-25-16-12(19)7-6-10(2)14(11)16/h6-7,9H,3-5,8H2,1-2H3,(H,23,24). The predicted molar refractivity (Wildman–Crippen MR) is 106 cm³/mol. The van der Waals surface area contributed by atoms with Crippen LogP contribution in [0.25, 0.3) is 10.1 Å². The number of fused-ring (bicyclic) bond motifs is 1. The number of carbonyl (C=O) groups is 1. The van der Waals surface area contributed by atoms with Crippen molar-refractivity contribution in [2.24, 2.45) is 0 Å². The van der Waals surface area contributed by atoms with Crippen LogP contribution in [0.15, 0.2) is 22.0 Å². The summed E-state index contributed by atoms with van der Waals surface area (Å²) in [5.41, 5.74) is 2.33. The number of nitrogens with zero attached hydrogens (tertiary/aromatic N) is 2. The fourth-order valence-corrected chi connectivity index (χ4v) is 4.95. The van der Waals surface area contributed by atoms with Crippen LogP contribution in [-0.4, -0.2) is 20.6 Å². The van der Waals surface area contributed by atoms with Gasteiger partial charge in [0.2, 0.25) is 0 Å². The smallest absolute Gasteiger partial charge is 0.355 e. The normalized spacial score (nSPS) is 11.4. The lowest BCUT2D eigenvalue weighted by atomic mass is 10.1. The van der Waals surface area contributed by atoms with Gasteiger partial charge < -0.3 is 9.67 Å². The molecule has 2 aromatic heterocycles. The average molecular weight is 442 g/mol. The van der Waals surface area contributed by atoms with Crippen molar-refractivity contribution >= 4 is 54.9 Å². The largest absolute Gasteiger partial charge is 0.476 e. The van der Waals surface area contributed by atoms with Crippen LogP contribution in [0.1, 0.15) is 47.2 Å². The van der Waals surface area contributed by atoms with Crippen molar-refractivity contribution < 1.29 is 9.90 Å². The van der Waals surface area contributed by atoms with Crippen molar-refractivity contribution in [3.8, 4) is 0 Å². The Hall–Kier alpha value is -1.37. The molecule has 0 unspecified atom stereocenters. The molecule has 0 atom stereocenters. The first-order chi connectivity index (χ1) is 11.9. The molecular weight excluding hydrogens is 424 g/mol. The van der Waals surface area contributed by atoms with Crippen molar-refractivity contribution in [2.45, 2.75) is 39.7 Å². The summed E-state index contributed by atoms with van der Waals surface area (Å²) in [6.07, 6.45) is 2.68. The quantitative estimate of drug-likeness (QED) is 0.517. The summed E-state index contributed by atoms with van der Waals surface area (Å²) in [6, 6.07) is 4.11. The van der Waals surface area contributed by atoms with E-state index in [4.69, 9.17) is 11.6 Å². The van der Waals surface area contributed by atoms with E-state index >= 15 is 0 Å². The van der Waals surface area contributed by atoms with Crippen LogP contribution >= 0.6 is 38.9 Å². The molecule has 2 heterocycles. The van der Waals surface area contributed by atoms with E-state index in [-0.39, 0.29) is 10.8 Å². The lowest BCUT2D eigenvalue weighted by molar-refractivity contribution is 0.0685. The molecule has 0 bridgehead atoms. The van der Waals surface area contributed by atoms with Gasteiger partial charge in [-0.15, -0.1) is 11.3 Å². The van der Waals surface area contributed by atoms with Gasteiger partial charge in [0.25, 0.3) is 0 Å². The maximum absolute atomic E-state index is 11.7. The molecule has 0 aliphatic heterocycles. The topological polar surface area (TPSA) is 55.1 Å². The van der Waals surface area contributed by atoms with Crippen LogP contribution in [0.4, 0.5) is 0 Å². The minimum absolute atomic E-state index is 0.0658. The van der Waals surface area contributed by atoms with E-state index in [0.29, 0.717) is 13.0 Å². The Morgan fingerprint density at radius 3 is 2.88 bits per heavy atom. The van der Waals surface area contributed by atoms with Gasteiger partial charge in [-0.1, -0.05) is 31.0 Å². The molecule has 3 rings (SSSR count). The molecule has 7 heteroatoms. The number of hydrogen-bond donors (Lipinski definition) is 1. The Bertz CT molecular complexity index is 948. The number of imidazole rings is 1. The van der Waals surface area contributed by atoms with Crippen LogP contribution in [0, 0.1) is 6.92 Å². The molecule has 1 N–H and O–H groups in total. The first-order valence-electron chi connectivity index (χ1n) is 8.07. The molecule has 0 radical (unpaired) electrons. The number of thiophene rings is 1. The average Bonchev–Trinajstić information content (AvgIpc) is 3.12. The van der Waals surface area contributed by atoms with Crippen molar-refractivity contribution in [3.05, 3.63) is 49.8 Å². The van der Waals surface area contributed by atoms with Crippen molar-refractivity contribution in [1.82, 2.24) is 9.55 Å². The van der Waals surface area contributed by atoms with Crippen LogP contribution in [0.5, 0.6) is 0 Å². The van der Waals surface area contributed by atoms with Gasteiger partial charge in [0.1, 0.15) is 5.82 Å². The first kappa shape index (κ1) is 18.4. The summed E-state index contributed by atoms with van der Waals surface area (Å²) in [7, 11) is 0. The van der Waals surface area contributed by atoms with Crippen molar-refractivity contribution in [2.75, 3.05) is 0 Å². The summed E-state index contributed by atoms with van der Waals surface area (Å²) in [5, 5.41) is 12.9. The SMILES string of the molecule is CCCCc1nc(Cl)c(C(=O)O)n1Cc1csc2c(Br)ccc(C)c12. The highest BCUT2D eigenvalue weighted by Crippen LogP contribution is 2.35. The van der Waals surface area contributed by atoms with Gasteiger partial charge >= 0.3 is 5.97 Å². The van der Waals surface area contributed by atoms with Crippen LogP contribution in [0.3, 0.4) is 0 Å². The van der Waals surface area contributed by atoms with Gasteiger partial charge in [-0.3, -0.25) is 0 Å². The molecule has 0 fully saturated rings. The monoisotopic (exact) mass is 440 g/mol.